The maximum atomic E-state index is 13.0. The lowest BCUT2D eigenvalue weighted by Gasteiger charge is -2.12. The first-order chi connectivity index (χ1) is 12.4. The van der Waals surface area contributed by atoms with Crippen LogP contribution in [-0.2, 0) is 12.7 Å². The fraction of sp³-hybridized carbons (Fsp3) is 0.111. The minimum atomic E-state index is -4.48. The van der Waals surface area contributed by atoms with Crippen LogP contribution in [0.2, 0.25) is 0 Å². The number of hydrogen-bond acceptors (Lipinski definition) is 4. The summed E-state index contributed by atoms with van der Waals surface area (Å²) in [5, 5.41) is 3.25. The third kappa shape index (κ3) is 3.85. The summed E-state index contributed by atoms with van der Waals surface area (Å²) in [4.78, 5) is 16.5. The minimum Gasteiger partial charge on any atom is -0.389 e. The Hall–Kier alpha value is -2.87. The molecule has 3 aromatic rings. The predicted octanol–water partition coefficient (Wildman–Crippen LogP) is 4.34. The van der Waals surface area contributed by atoms with Crippen molar-refractivity contribution in [2.45, 2.75) is 12.7 Å². The Labute approximate surface area is 151 Å². The molecule has 0 atom stereocenters. The highest BCUT2D eigenvalue weighted by molar-refractivity contribution is 7.19. The number of thiazole rings is 1. The van der Waals surface area contributed by atoms with Crippen LogP contribution < -0.4 is 11.1 Å². The number of carbonyl (C=O) groups excluding carboxylic acids is 1. The molecule has 0 saturated heterocycles. The maximum Gasteiger partial charge on any atom is 0.416 e. The van der Waals surface area contributed by atoms with Gasteiger partial charge in [0, 0.05) is 12.1 Å². The second-order valence-electron chi connectivity index (χ2n) is 5.44. The summed E-state index contributed by atoms with van der Waals surface area (Å²) in [6.07, 6.45) is -4.48. The monoisotopic (exact) mass is 377 g/mol. The Morgan fingerprint density at radius 3 is 2.42 bits per heavy atom. The Balaban J connectivity index is 1.77. The molecule has 8 heteroatoms. The number of alkyl halides is 3. The van der Waals surface area contributed by atoms with Crippen molar-refractivity contribution < 1.29 is 18.0 Å². The normalized spacial score (nSPS) is 11.3. The first kappa shape index (κ1) is 17.9. The van der Waals surface area contributed by atoms with Gasteiger partial charge in [-0.15, -0.1) is 0 Å². The molecule has 3 rings (SSSR count). The van der Waals surface area contributed by atoms with Crippen molar-refractivity contribution in [2.75, 3.05) is 5.73 Å². The van der Waals surface area contributed by atoms with Gasteiger partial charge in [0.1, 0.15) is 10.0 Å². The largest absolute Gasteiger partial charge is 0.416 e. The van der Waals surface area contributed by atoms with E-state index >= 15 is 0 Å². The molecule has 4 nitrogen and oxygen atoms in total. The number of nitrogens with zero attached hydrogens (tertiary/aromatic N) is 1. The SMILES string of the molecule is Nc1sc(-c2ccccc2)nc1C(=O)NCc1ccccc1C(F)(F)F. The summed E-state index contributed by atoms with van der Waals surface area (Å²) in [7, 11) is 0. The van der Waals surface area contributed by atoms with E-state index in [-0.39, 0.29) is 22.8 Å². The van der Waals surface area contributed by atoms with Crippen LogP contribution in [0.5, 0.6) is 0 Å². The number of carbonyl (C=O) groups is 1. The van der Waals surface area contributed by atoms with Crippen molar-refractivity contribution in [1.82, 2.24) is 10.3 Å². The number of nitrogens with one attached hydrogen (secondary N) is 1. The Bertz CT molecular complexity index is 923. The highest BCUT2D eigenvalue weighted by Gasteiger charge is 2.33. The zero-order chi connectivity index (χ0) is 18.7. The van der Waals surface area contributed by atoms with Crippen LogP contribution in [0, 0.1) is 0 Å². The summed E-state index contributed by atoms with van der Waals surface area (Å²) in [5.74, 6) is -0.613. The standard InChI is InChI=1S/C18H14F3N3OS/c19-18(20,21)13-9-5-4-8-12(13)10-23-16(25)14-15(22)26-17(24-14)11-6-2-1-3-7-11/h1-9H,10,22H2,(H,23,25). The summed E-state index contributed by atoms with van der Waals surface area (Å²) < 4.78 is 39.0. The van der Waals surface area contributed by atoms with Gasteiger partial charge in [0.25, 0.3) is 5.91 Å². The molecular formula is C18H14F3N3OS. The number of hydrogen-bond donors (Lipinski definition) is 2. The van der Waals surface area contributed by atoms with Crippen LogP contribution in [0.15, 0.2) is 54.6 Å². The fourth-order valence-corrected chi connectivity index (χ4v) is 3.24. The molecule has 0 aliphatic heterocycles. The van der Waals surface area contributed by atoms with Crippen LogP contribution in [0.1, 0.15) is 21.6 Å². The predicted molar refractivity (Wildman–Crippen MR) is 94.6 cm³/mol. The number of benzene rings is 2. The molecule has 1 aromatic heterocycles. The third-order valence-electron chi connectivity index (χ3n) is 3.65. The average Bonchev–Trinajstić information content (AvgIpc) is 3.02. The quantitative estimate of drug-likeness (QED) is 0.711. The molecule has 26 heavy (non-hydrogen) atoms. The van der Waals surface area contributed by atoms with Crippen molar-refractivity contribution in [3.05, 3.63) is 71.4 Å². The number of rotatable bonds is 4. The summed E-state index contributed by atoms with van der Waals surface area (Å²) in [6, 6.07) is 14.3. The van der Waals surface area contributed by atoms with Crippen LogP contribution in [0.3, 0.4) is 0 Å². The molecule has 1 amide bonds. The molecule has 3 N–H and O–H groups in total. The summed E-state index contributed by atoms with van der Waals surface area (Å²) >= 11 is 1.15. The fourth-order valence-electron chi connectivity index (χ4n) is 2.41. The van der Waals surface area contributed by atoms with Crippen molar-refractivity contribution in [3.8, 4) is 10.6 Å². The number of aromatic nitrogens is 1. The Kier molecular flexibility index (Phi) is 4.94. The molecule has 0 saturated carbocycles. The van der Waals surface area contributed by atoms with Gasteiger partial charge in [0.15, 0.2) is 5.69 Å². The van der Waals surface area contributed by atoms with Gasteiger partial charge in [0.2, 0.25) is 0 Å². The lowest BCUT2D eigenvalue weighted by atomic mass is 10.1. The lowest BCUT2D eigenvalue weighted by molar-refractivity contribution is -0.138. The lowest BCUT2D eigenvalue weighted by Crippen LogP contribution is -2.25. The first-order valence-electron chi connectivity index (χ1n) is 7.61. The molecule has 0 spiro atoms. The van der Waals surface area contributed by atoms with Crippen molar-refractivity contribution in [2.24, 2.45) is 0 Å². The van der Waals surface area contributed by atoms with Gasteiger partial charge < -0.3 is 11.1 Å². The van der Waals surface area contributed by atoms with Crippen LogP contribution >= 0.6 is 11.3 Å². The number of anilines is 1. The van der Waals surface area contributed by atoms with Gasteiger partial charge in [-0.2, -0.15) is 13.2 Å². The van der Waals surface area contributed by atoms with Crippen molar-refractivity contribution in [1.29, 1.82) is 0 Å². The molecule has 0 unspecified atom stereocenters. The molecule has 1 heterocycles. The van der Waals surface area contributed by atoms with E-state index in [4.69, 9.17) is 5.73 Å². The van der Waals surface area contributed by atoms with Crippen molar-refractivity contribution in [3.63, 3.8) is 0 Å². The first-order valence-corrected chi connectivity index (χ1v) is 8.43. The van der Waals surface area contributed by atoms with E-state index in [1.165, 1.54) is 18.2 Å². The van der Waals surface area contributed by atoms with Crippen LogP contribution in [-0.4, -0.2) is 10.9 Å². The van der Waals surface area contributed by atoms with Crippen LogP contribution in [0.25, 0.3) is 10.6 Å². The average molecular weight is 377 g/mol. The summed E-state index contributed by atoms with van der Waals surface area (Å²) in [5.41, 5.74) is 5.88. The molecule has 2 aromatic carbocycles. The van der Waals surface area contributed by atoms with Gasteiger partial charge in [0.05, 0.1) is 5.56 Å². The Morgan fingerprint density at radius 1 is 1.08 bits per heavy atom. The second kappa shape index (κ2) is 7.17. The molecule has 0 aliphatic carbocycles. The summed E-state index contributed by atoms with van der Waals surface area (Å²) in [6.45, 7) is -0.272. The maximum absolute atomic E-state index is 13.0. The molecule has 0 bridgehead atoms. The van der Waals surface area contributed by atoms with Gasteiger partial charge in [-0.25, -0.2) is 4.98 Å². The van der Waals surface area contributed by atoms with Crippen molar-refractivity contribution >= 4 is 22.2 Å². The molecule has 134 valence electrons. The van der Waals surface area contributed by atoms with E-state index in [1.807, 2.05) is 30.3 Å². The molecular weight excluding hydrogens is 363 g/mol. The number of amides is 1. The second-order valence-corrected chi connectivity index (χ2v) is 6.47. The minimum absolute atomic E-state index is 0.0124. The zero-order valence-electron chi connectivity index (χ0n) is 13.4. The van der Waals surface area contributed by atoms with E-state index < -0.39 is 17.6 Å². The highest BCUT2D eigenvalue weighted by atomic mass is 32.1. The van der Waals surface area contributed by atoms with E-state index in [2.05, 4.69) is 10.3 Å². The Morgan fingerprint density at radius 2 is 1.73 bits per heavy atom. The van der Waals surface area contributed by atoms with E-state index in [1.54, 1.807) is 0 Å². The van der Waals surface area contributed by atoms with Gasteiger partial charge in [-0.1, -0.05) is 59.9 Å². The van der Waals surface area contributed by atoms with Gasteiger partial charge >= 0.3 is 6.18 Å². The number of halogens is 3. The molecule has 0 aliphatic rings. The number of nitrogens with two attached hydrogens (primary N) is 1. The van der Waals surface area contributed by atoms with Gasteiger partial charge in [-0.05, 0) is 11.6 Å². The molecule has 0 fully saturated rings. The number of nitrogen functional groups attached to an aromatic ring is 1. The van der Waals surface area contributed by atoms with Crippen LogP contribution in [0.4, 0.5) is 18.2 Å². The molecule has 0 radical (unpaired) electrons. The zero-order valence-corrected chi connectivity index (χ0v) is 14.2. The third-order valence-corrected chi connectivity index (χ3v) is 4.58. The van der Waals surface area contributed by atoms with E-state index in [0.717, 1.165) is 23.0 Å². The van der Waals surface area contributed by atoms with E-state index in [9.17, 15) is 18.0 Å². The highest BCUT2D eigenvalue weighted by Crippen LogP contribution is 2.32. The van der Waals surface area contributed by atoms with Gasteiger partial charge in [-0.3, -0.25) is 4.79 Å². The smallest absolute Gasteiger partial charge is 0.389 e. The topological polar surface area (TPSA) is 68.0 Å². The van der Waals surface area contributed by atoms with E-state index in [0.29, 0.717) is 5.01 Å².